The monoisotopic (exact) mass is 546 g/mol. The zero-order valence-electron chi connectivity index (χ0n) is 21.4. The van der Waals surface area contributed by atoms with Gasteiger partial charge in [-0.15, -0.1) is 0 Å². The van der Waals surface area contributed by atoms with E-state index in [-0.39, 0.29) is 68.5 Å². The molecule has 3 heterocycles. The Labute approximate surface area is 222 Å². The lowest BCUT2D eigenvalue weighted by Gasteiger charge is -2.37. The average molecular weight is 547 g/mol. The molecule has 14 heteroatoms. The minimum atomic E-state index is -0.861. The molecule has 0 unspecified atom stereocenters. The lowest BCUT2D eigenvalue weighted by molar-refractivity contribution is -0.141. The molecule has 0 aliphatic carbocycles. The summed E-state index contributed by atoms with van der Waals surface area (Å²) in [5.74, 6) is -3.05. The number of cyclic esters (lactones) is 1. The molecule has 2 atom stereocenters. The predicted octanol–water partition coefficient (Wildman–Crippen LogP) is 1.50. The molecule has 2 aliphatic heterocycles. The summed E-state index contributed by atoms with van der Waals surface area (Å²) in [6.07, 6.45) is 2.98. The van der Waals surface area contributed by atoms with Gasteiger partial charge >= 0.3 is 12.1 Å². The molecule has 2 saturated heterocycles. The van der Waals surface area contributed by atoms with E-state index in [0.29, 0.717) is 0 Å². The summed E-state index contributed by atoms with van der Waals surface area (Å²) in [5.41, 5.74) is -0.180. The van der Waals surface area contributed by atoms with E-state index in [1.807, 2.05) is 0 Å². The topological polar surface area (TPSA) is 134 Å². The summed E-state index contributed by atoms with van der Waals surface area (Å²) in [6.45, 7) is 2.28. The Morgan fingerprint density at radius 3 is 2.46 bits per heavy atom. The lowest BCUT2D eigenvalue weighted by Crippen LogP contribution is -2.54. The van der Waals surface area contributed by atoms with E-state index in [9.17, 15) is 19.2 Å². The van der Waals surface area contributed by atoms with Crippen LogP contribution in [0.2, 0.25) is 0 Å². The number of carbonyl (C=O) groups is 4. The van der Waals surface area contributed by atoms with Gasteiger partial charge in [-0.3, -0.25) is 24.3 Å². The number of piperazine rings is 1. The van der Waals surface area contributed by atoms with E-state index in [1.165, 1.54) is 35.5 Å². The molecular weight excluding hydrogens is 518 g/mol. The lowest BCUT2D eigenvalue weighted by atomic mass is 10.1. The van der Waals surface area contributed by atoms with Gasteiger partial charge in [0.1, 0.15) is 23.5 Å². The maximum absolute atomic E-state index is 15.1. The molecule has 2 fully saturated rings. The summed E-state index contributed by atoms with van der Waals surface area (Å²) >= 11 is 0. The van der Waals surface area contributed by atoms with E-state index in [2.05, 4.69) is 20.0 Å². The molecule has 12 nitrogen and oxygen atoms in total. The van der Waals surface area contributed by atoms with Crippen LogP contribution in [0.25, 0.3) is 0 Å². The first-order valence-electron chi connectivity index (χ1n) is 12.3. The number of nitrogens with one attached hydrogen (secondary N) is 1. The van der Waals surface area contributed by atoms with Crippen molar-refractivity contribution in [2.24, 2.45) is 0 Å². The van der Waals surface area contributed by atoms with Crippen molar-refractivity contribution >= 4 is 35.3 Å². The number of hydrogen-bond donors (Lipinski definition) is 1. The van der Waals surface area contributed by atoms with Crippen molar-refractivity contribution < 1.29 is 37.4 Å². The van der Waals surface area contributed by atoms with E-state index >= 15 is 8.78 Å². The van der Waals surface area contributed by atoms with Crippen molar-refractivity contribution in [3.8, 4) is 0 Å². The fourth-order valence-electron chi connectivity index (χ4n) is 4.45. The van der Waals surface area contributed by atoms with E-state index in [0.717, 1.165) is 17.0 Å². The number of hydrogen-bond acceptors (Lipinski definition) is 9. The van der Waals surface area contributed by atoms with Gasteiger partial charge < -0.3 is 24.6 Å². The van der Waals surface area contributed by atoms with Crippen LogP contribution in [0.5, 0.6) is 0 Å². The van der Waals surface area contributed by atoms with E-state index < -0.39 is 41.7 Å². The number of amides is 3. The second-order valence-electron chi connectivity index (χ2n) is 9.09. The summed E-state index contributed by atoms with van der Waals surface area (Å²) in [7, 11) is 1.25. The minimum absolute atomic E-state index is 0.000744. The Morgan fingerprint density at radius 2 is 1.85 bits per heavy atom. The molecule has 2 aliphatic rings. The van der Waals surface area contributed by atoms with Crippen LogP contribution in [0.3, 0.4) is 0 Å². The molecule has 4 rings (SSSR count). The number of carbonyl (C=O) groups excluding carboxylic acids is 4. The van der Waals surface area contributed by atoms with Gasteiger partial charge in [0, 0.05) is 57.1 Å². The third kappa shape index (κ3) is 6.38. The van der Waals surface area contributed by atoms with Gasteiger partial charge in [-0.25, -0.2) is 18.6 Å². The Bertz CT molecular complexity index is 1220. The first-order valence-corrected chi connectivity index (χ1v) is 12.3. The molecule has 208 valence electrons. The van der Waals surface area contributed by atoms with Crippen LogP contribution in [0.15, 0.2) is 30.7 Å². The highest BCUT2D eigenvalue weighted by molar-refractivity contribution is 5.95. The minimum Gasteiger partial charge on any atom is -0.469 e. The van der Waals surface area contributed by atoms with Crippen molar-refractivity contribution in [1.29, 1.82) is 0 Å². The zero-order chi connectivity index (χ0) is 28.1. The maximum Gasteiger partial charge on any atom is 0.414 e. The normalized spacial score (nSPS) is 18.0. The van der Waals surface area contributed by atoms with Crippen LogP contribution in [0.4, 0.5) is 25.0 Å². The van der Waals surface area contributed by atoms with Gasteiger partial charge in [0.15, 0.2) is 11.6 Å². The summed E-state index contributed by atoms with van der Waals surface area (Å²) in [4.78, 5) is 60.5. The Kier molecular flexibility index (Phi) is 8.52. The number of benzene rings is 1. The fourth-order valence-corrected chi connectivity index (χ4v) is 4.45. The van der Waals surface area contributed by atoms with E-state index in [4.69, 9.17) is 4.74 Å². The zero-order valence-corrected chi connectivity index (χ0v) is 21.4. The first-order chi connectivity index (χ1) is 18.7. The van der Waals surface area contributed by atoms with Gasteiger partial charge in [0.2, 0.25) is 5.91 Å². The largest absolute Gasteiger partial charge is 0.469 e. The standard InChI is InChI=1S/C25H28F2N6O6/c1-15(30-23(35)20-13-28-5-6-29-20)24(36)32-9-7-31(8-10-32)22-18(26)11-16(12-19(22)27)33-14-17(39-25(33)37)3-4-21(34)38-2/h5-6,11-13,15,17H,3-4,7-10,14H2,1-2H3,(H,30,35)/t15-,17-/m0/s1. The number of esters is 1. The molecule has 1 N–H and O–H groups in total. The second kappa shape index (κ2) is 12.0. The third-order valence-corrected chi connectivity index (χ3v) is 6.51. The molecular formula is C25H28F2N6O6. The van der Waals surface area contributed by atoms with Crippen LogP contribution in [0, 0.1) is 11.6 Å². The van der Waals surface area contributed by atoms with Crippen molar-refractivity contribution in [2.45, 2.75) is 31.9 Å². The highest BCUT2D eigenvalue weighted by atomic mass is 19.1. The predicted molar refractivity (Wildman–Crippen MR) is 133 cm³/mol. The number of ether oxygens (including phenoxy) is 2. The Balaban J connectivity index is 1.34. The quantitative estimate of drug-likeness (QED) is 0.489. The third-order valence-electron chi connectivity index (χ3n) is 6.51. The van der Waals surface area contributed by atoms with Crippen molar-refractivity contribution in [2.75, 3.05) is 49.6 Å². The van der Waals surface area contributed by atoms with Crippen LogP contribution >= 0.6 is 0 Å². The fraction of sp³-hybridized carbons (Fsp3) is 0.440. The smallest absolute Gasteiger partial charge is 0.414 e. The number of methoxy groups -OCH3 is 1. The van der Waals surface area contributed by atoms with Gasteiger partial charge in [0.25, 0.3) is 5.91 Å². The molecule has 1 aromatic heterocycles. The maximum atomic E-state index is 15.1. The first kappa shape index (κ1) is 27.7. The summed E-state index contributed by atoms with van der Waals surface area (Å²) in [6, 6.07) is 1.28. The van der Waals surface area contributed by atoms with Gasteiger partial charge in [-0.2, -0.15) is 0 Å². The van der Waals surface area contributed by atoms with Crippen LogP contribution in [-0.4, -0.2) is 90.7 Å². The average Bonchev–Trinajstić information content (AvgIpc) is 3.32. The molecule has 0 radical (unpaired) electrons. The Morgan fingerprint density at radius 1 is 1.15 bits per heavy atom. The van der Waals surface area contributed by atoms with E-state index in [1.54, 1.807) is 6.92 Å². The highest BCUT2D eigenvalue weighted by Crippen LogP contribution is 2.32. The molecule has 0 bridgehead atoms. The molecule has 1 aromatic carbocycles. The molecule has 3 amide bonds. The van der Waals surface area contributed by atoms with Crippen molar-refractivity contribution in [3.63, 3.8) is 0 Å². The molecule has 0 spiro atoms. The molecule has 0 saturated carbocycles. The van der Waals surface area contributed by atoms with Gasteiger partial charge in [0.05, 0.1) is 25.5 Å². The molecule has 2 aromatic rings. The van der Waals surface area contributed by atoms with Crippen LogP contribution < -0.4 is 15.1 Å². The number of nitrogens with zero attached hydrogens (tertiary/aromatic N) is 5. The van der Waals surface area contributed by atoms with Crippen molar-refractivity contribution in [1.82, 2.24) is 20.2 Å². The Hall–Kier alpha value is -4.36. The molecule has 39 heavy (non-hydrogen) atoms. The highest BCUT2D eigenvalue weighted by Gasteiger charge is 2.34. The van der Waals surface area contributed by atoms with Crippen LogP contribution in [0.1, 0.15) is 30.3 Å². The number of aromatic nitrogens is 2. The summed E-state index contributed by atoms with van der Waals surface area (Å²) in [5, 5.41) is 2.58. The number of halogens is 2. The van der Waals surface area contributed by atoms with Gasteiger partial charge in [-0.05, 0) is 13.3 Å². The number of anilines is 2. The second-order valence-corrected chi connectivity index (χ2v) is 9.09. The SMILES string of the molecule is COC(=O)CC[C@H]1CN(c2cc(F)c(N3CCN(C(=O)[C@H](C)NC(=O)c4cnccn4)CC3)c(F)c2)C(=O)O1. The van der Waals surface area contributed by atoms with Crippen molar-refractivity contribution in [3.05, 3.63) is 48.1 Å². The van der Waals surface area contributed by atoms with Crippen LogP contribution in [-0.2, 0) is 19.1 Å². The summed E-state index contributed by atoms with van der Waals surface area (Å²) < 4.78 is 40.0. The number of rotatable bonds is 8. The van der Waals surface area contributed by atoms with Gasteiger partial charge in [-0.1, -0.05) is 0 Å².